The third-order valence-electron chi connectivity index (χ3n) is 7.82. The van der Waals surface area contributed by atoms with Gasteiger partial charge in [0.05, 0.1) is 6.61 Å². The van der Waals surface area contributed by atoms with Crippen molar-refractivity contribution in [2.24, 2.45) is 0 Å². The number of rotatable bonds is 6. The van der Waals surface area contributed by atoms with Crippen LogP contribution in [-0.4, -0.2) is 85.8 Å². The highest BCUT2D eigenvalue weighted by Crippen LogP contribution is 2.30. The number of amides is 2. The minimum absolute atomic E-state index is 0.0454. The lowest BCUT2D eigenvalue weighted by atomic mass is 9.98. The predicted molar refractivity (Wildman–Crippen MR) is 179 cm³/mol. The van der Waals surface area contributed by atoms with Gasteiger partial charge in [0.1, 0.15) is 11.2 Å². The van der Waals surface area contributed by atoms with Crippen LogP contribution in [0.25, 0.3) is 33.9 Å². The van der Waals surface area contributed by atoms with Gasteiger partial charge in [-0.3, -0.25) is 0 Å². The first-order chi connectivity index (χ1) is 21.8. The summed E-state index contributed by atoms with van der Waals surface area (Å²) < 4.78 is 13.0. The topological polar surface area (TPSA) is 110 Å². The Balaban J connectivity index is 1.27. The van der Waals surface area contributed by atoms with E-state index in [1.54, 1.807) is 9.80 Å². The molecule has 0 bridgehead atoms. The summed E-state index contributed by atoms with van der Waals surface area (Å²) in [4.78, 5) is 28.3. The Morgan fingerprint density at radius 3 is 1.35 bits per heavy atom. The zero-order valence-corrected chi connectivity index (χ0v) is 27.7. The van der Waals surface area contributed by atoms with Gasteiger partial charge in [0.15, 0.2) is 11.6 Å². The fourth-order valence-electron chi connectivity index (χ4n) is 5.56. The number of nitrogens with zero attached hydrogens (tertiary/aromatic N) is 5. The molecule has 2 amide bonds. The van der Waals surface area contributed by atoms with Crippen LogP contribution in [0.5, 0.6) is 0 Å². The quantitative estimate of drug-likeness (QED) is 0.326. The second-order valence-electron chi connectivity index (χ2n) is 13.7. The number of aliphatic hydroxyl groups is 1. The van der Waals surface area contributed by atoms with Crippen molar-refractivity contribution in [1.82, 2.24) is 24.6 Å². The van der Waals surface area contributed by atoms with Crippen molar-refractivity contribution in [2.45, 2.75) is 72.1 Å². The smallest absolute Gasteiger partial charge is 0.410 e. The van der Waals surface area contributed by atoms with Crippen molar-refractivity contribution >= 4 is 23.3 Å². The van der Waals surface area contributed by atoms with Crippen LogP contribution in [0.15, 0.2) is 60.7 Å². The maximum atomic E-state index is 12.4. The van der Waals surface area contributed by atoms with E-state index in [-0.39, 0.29) is 18.8 Å². The number of aromatic nitrogens is 3. The molecule has 10 heteroatoms. The number of ether oxygens (including phenoxy) is 2. The highest BCUT2D eigenvalue weighted by Gasteiger charge is 2.25. The molecule has 0 aliphatic carbocycles. The molecule has 0 unspecified atom stereocenters. The molecule has 0 spiro atoms. The molecule has 1 N–H and O–H groups in total. The summed E-state index contributed by atoms with van der Waals surface area (Å²) in [6.45, 7) is 13.8. The van der Waals surface area contributed by atoms with E-state index in [0.29, 0.717) is 44.4 Å². The molecule has 2 aromatic carbocycles. The molecule has 2 aliphatic heterocycles. The summed E-state index contributed by atoms with van der Waals surface area (Å²) in [6.07, 6.45) is 5.09. The van der Waals surface area contributed by atoms with Gasteiger partial charge < -0.3 is 28.9 Å². The SMILES string of the molecule is CC(C)(C)OC(=O)N1CC=C(c2ccc(-c3nnc(-c4ccc(C5=CCN(C(=O)OC(C)(C)C)CC5)cc4)n3CCO)cc2)CC1. The number of aliphatic hydroxyl groups excluding tert-OH is 1. The molecule has 0 atom stereocenters. The fraction of sp³-hybridized carbons (Fsp3) is 0.444. The van der Waals surface area contributed by atoms with Crippen LogP contribution in [0, 0.1) is 0 Å². The van der Waals surface area contributed by atoms with E-state index in [0.717, 1.165) is 35.1 Å². The Labute approximate surface area is 271 Å². The molecule has 2 aliphatic rings. The Bertz CT molecular complexity index is 1490. The van der Waals surface area contributed by atoms with E-state index in [1.165, 1.54) is 11.1 Å². The summed E-state index contributed by atoms with van der Waals surface area (Å²) in [6, 6.07) is 16.4. The van der Waals surface area contributed by atoms with Crippen molar-refractivity contribution in [1.29, 1.82) is 0 Å². The second-order valence-corrected chi connectivity index (χ2v) is 13.7. The molecule has 0 saturated heterocycles. The van der Waals surface area contributed by atoms with Gasteiger partial charge in [0, 0.05) is 43.9 Å². The summed E-state index contributed by atoms with van der Waals surface area (Å²) in [5.74, 6) is 1.37. The predicted octanol–water partition coefficient (Wildman–Crippen LogP) is 6.65. The van der Waals surface area contributed by atoms with Crippen LogP contribution in [0.4, 0.5) is 9.59 Å². The van der Waals surface area contributed by atoms with Crippen LogP contribution in [0.1, 0.15) is 65.5 Å². The summed E-state index contributed by atoms with van der Waals surface area (Å²) in [7, 11) is 0. The van der Waals surface area contributed by atoms with Crippen molar-refractivity contribution in [3.05, 3.63) is 71.8 Å². The molecule has 244 valence electrons. The molecule has 46 heavy (non-hydrogen) atoms. The van der Waals surface area contributed by atoms with E-state index in [9.17, 15) is 14.7 Å². The minimum Gasteiger partial charge on any atom is -0.444 e. The van der Waals surface area contributed by atoms with E-state index < -0.39 is 11.2 Å². The van der Waals surface area contributed by atoms with E-state index in [4.69, 9.17) is 9.47 Å². The number of carbonyl (C=O) groups is 2. The van der Waals surface area contributed by atoms with Gasteiger partial charge in [0.25, 0.3) is 0 Å². The maximum Gasteiger partial charge on any atom is 0.410 e. The summed E-state index contributed by atoms with van der Waals surface area (Å²) in [5, 5.41) is 18.9. The van der Waals surface area contributed by atoms with Crippen LogP contribution >= 0.6 is 0 Å². The van der Waals surface area contributed by atoms with Gasteiger partial charge in [-0.1, -0.05) is 60.7 Å². The number of hydrogen-bond acceptors (Lipinski definition) is 7. The van der Waals surface area contributed by atoms with Crippen molar-refractivity contribution in [2.75, 3.05) is 32.8 Å². The first-order valence-electron chi connectivity index (χ1n) is 15.9. The lowest BCUT2D eigenvalue weighted by Crippen LogP contribution is -2.39. The largest absolute Gasteiger partial charge is 0.444 e. The summed E-state index contributed by atoms with van der Waals surface area (Å²) in [5.41, 5.74) is 5.36. The molecular weight excluding hydrogens is 582 g/mol. The first-order valence-corrected chi connectivity index (χ1v) is 15.9. The van der Waals surface area contributed by atoms with Crippen LogP contribution in [0.2, 0.25) is 0 Å². The van der Waals surface area contributed by atoms with E-state index >= 15 is 0 Å². The highest BCUT2D eigenvalue weighted by atomic mass is 16.6. The Morgan fingerprint density at radius 1 is 0.674 bits per heavy atom. The van der Waals surface area contributed by atoms with Gasteiger partial charge >= 0.3 is 12.2 Å². The van der Waals surface area contributed by atoms with Crippen LogP contribution < -0.4 is 0 Å². The van der Waals surface area contributed by atoms with E-state index in [1.807, 2.05) is 70.4 Å². The number of benzene rings is 2. The first kappa shape index (κ1) is 32.9. The molecule has 1 aromatic heterocycles. The van der Waals surface area contributed by atoms with Gasteiger partial charge in [-0.25, -0.2) is 9.59 Å². The number of carbonyl (C=O) groups excluding carboxylic acids is 2. The third kappa shape index (κ3) is 8.04. The molecule has 0 saturated carbocycles. The van der Waals surface area contributed by atoms with Crippen molar-refractivity contribution < 1.29 is 24.2 Å². The molecule has 3 heterocycles. The number of hydrogen-bond donors (Lipinski definition) is 1. The lowest BCUT2D eigenvalue weighted by molar-refractivity contribution is 0.0260. The molecule has 0 radical (unpaired) electrons. The van der Waals surface area contributed by atoms with Gasteiger partial charge in [-0.15, -0.1) is 10.2 Å². The molecule has 10 nitrogen and oxygen atoms in total. The van der Waals surface area contributed by atoms with Crippen LogP contribution in [-0.2, 0) is 16.0 Å². The minimum atomic E-state index is -0.516. The fourth-order valence-corrected chi connectivity index (χ4v) is 5.56. The second kappa shape index (κ2) is 13.5. The van der Waals surface area contributed by atoms with Crippen LogP contribution in [0.3, 0.4) is 0 Å². The maximum absolute atomic E-state index is 12.4. The normalized spacial score (nSPS) is 15.7. The summed E-state index contributed by atoms with van der Waals surface area (Å²) >= 11 is 0. The molecule has 0 fully saturated rings. The average Bonchev–Trinajstić information content (AvgIpc) is 3.43. The molecular formula is C36H45N5O5. The Morgan fingerprint density at radius 2 is 1.04 bits per heavy atom. The van der Waals surface area contributed by atoms with Crippen molar-refractivity contribution in [3.8, 4) is 22.8 Å². The van der Waals surface area contributed by atoms with Gasteiger partial charge in [-0.2, -0.15) is 0 Å². The highest BCUT2D eigenvalue weighted by molar-refractivity contribution is 5.75. The van der Waals surface area contributed by atoms with E-state index in [2.05, 4.69) is 46.6 Å². The molecule has 3 aromatic rings. The third-order valence-corrected chi connectivity index (χ3v) is 7.82. The van der Waals surface area contributed by atoms with Crippen molar-refractivity contribution in [3.63, 3.8) is 0 Å². The molecule has 5 rings (SSSR count). The Kier molecular flexibility index (Phi) is 9.67. The van der Waals surface area contributed by atoms with Gasteiger partial charge in [-0.05, 0) is 76.7 Å². The van der Waals surface area contributed by atoms with Gasteiger partial charge in [0.2, 0.25) is 0 Å². The average molecular weight is 628 g/mol. The zero-order valence-electron chi connectivity index (χ0n) is 27.7. The zero-order chi connectivity index (χ0) is 33.1. The monoisotopic (exact) mass is 627 g/mol. The lowest BCUT2D eigenvalue weighted by Gasteiger charge is -2.29. The standard InChI is InChI=1S/C36H45N5O5/c1-35(2,3)45-33(43)39-19-15-27(16-20-39)25-7-11-29(12-8-25)31-37-38-32(41(31)23-24-42)30-13-9-26(10-14-30)28-17-21-40(22-18-28)34(44)46-36(4,5)6/h7-15,17,42H,16,18-24H2,1-6H3. The Hall–Kier alpha value is -4.44.